The third-order valence-corrected chi connectivity index (χ3v) is 9.43. The molecule has 0 unspecified atom stereocenters. The van der Waals surface area contributed by atoms with E-state index in [1.807, 2.05) is 20.8 Å². The summed E-state index contributed by atoms with van der Waals surface area (Å²) in [4.78, 5) is 17.3. The number of nitrogens with one attached hydrogen (secondary N) is 1. The standard InChI is InChI=1S/C26H29N3O5S2/c1-26(2,3)20-6-8-21(9-7-20)35(31,32)28-24-11-10-22(36(33,34)29-16-4-5-17-29)18-23(24)25(30)19-12-14-27-15-13-19/h6-15,18,28H,4-5,16-17H2,1-3H3. The second-order valence-corrected chi connectivity index (χ2v) is 13.4. The first-order valence-corrected chi connectivity index (χ1v) is 14.5. The summed E-state index contributed by atoms with van der Waals surface area (Å²) in [5, 5.41) is 0. The minimum atomic E-state index is -4.05. The third kappa shape index (κ3) is 5.35. The Morgan fingerprint density at radius 1 is 0.861 bits per heavy atom. The van der Waals surface area contributed by atoms with Gasteiger partial charge in [0, 0.05) is 36.6 Å². The fourth-order valence-corrected chi connectivity index (χ4v) is 6.66. The first-order chi connectivity index (χ1) is 16.9. The molecule has 2 heterocycles. The Balaban J connectivity index is 1.75. The summed E-state index contributed by atoms with van der Waals surface area (Å²) < 4.78 is 56.6. The van der Waals surface area contributed by atoms with Crippen LogP contribution >= 0.6 is 0 Å². The third-order valence-electron chi connectivity index (χ3n) is 6.16. The number of rotatable bonds is 7. The number of carbonyl (C=O) groups is 1. The van der Waals surface area contributed by atoms with E-state index in [9.17, 15) is 21.6 Å². The molecule has 190 valence electrons. The van der Waals surface area contributed by atoms with Crippen molar-refractivity contribution in [2.24, 2.45) is 0 Å². The SMILES string of the molecule is CC(C)(C)c1ccc(S(=O)(=O)Nc2ccc(S(=O)(=O)N3CCCC3)cc2C(=O)c2ccncc2)cc1. The zero-order valence-corrected chi connectivity index (χ0v) is 22.1. The van der Waals surface area contributed by atoms with Gasteiger partial charge < -0.3 is 0 Å². The Morgan fingerprint density at radius 3 is 2.03 bits per heavy atom. The number of pyridine rings is 1. The van der Waals surface area contributed by atoms with E-state index in [2.05, 4.69) is 9.71 Å². The lowest BCUT2D eigenvalue weighted by molar-refractivity contribution is 0.103. The van der Waals surface area contributed by atoms with Crippen LogP contribution in [0.15, 0.2) is 76.8 Å². The highest BCUT2D eigenvalue weighted by molar-refractivity contribution is 7.92. The van der Waals surface area contributed by atoms with Gasteiger partial charge in [-0.15, -0.1) is 0 Å². The lowest BCUT2D eigenvalue weighted by Gasteiger charge is -2.20. The van der Waals surface area contributed by atoms with E-state index in [0.717, 1.165) is 18.4 Å². The molecule has 0 radical (unpaired) electrons. The maximum atomic E-state index is 13.4. The molecule has 0 saturated carbocycles. The Labute approximate surface area is 212 Å². The summed E-state index contributed by atoms with van der Waals surface area (Å²) in [6.45, 7) is 6.92. The quantitative estimate of drug-likeness (QED) is 0.461. The van der Waals surface area contributed by atoms with Crippen LogP contribution in [-0.4, -0.2) is 45.0 Å². The van der Waals surface area contributed by atoms with Crippen molar-refractivity contribution in [2.45, 2.75) is 48.8 Å². The molecule has 0 atom stereocenters. The van der Waals surface area contributed by atoms with Crippen LogP contribution in [0.4, 0.5) is 5.69 Å². The zero-order valence-electron chi connectivity index (χ0n) is 20.4. The van der Waals surface area contributed by atoms with Crippen LogP contribution in [0, 0.1) is 0 Å². The van der Waals surface area contributed by atoms with Gasteiger partial charge in [-0.1, -0.05) is 32.9 Å². The summed E-state index contributed by atoms with van der Waals surface area (Å²) in [5.74, 6) is -0.517. The largest absolute Gasteiger partial charge is 0.289 e. The molecular formula is C26H29N3O5S2. The van der Waals surface area contributed by atoms with Crippen LogP contribution in [0.1, 0.15) is 55.1 Å². The lowest BCUT2D eigenvalue weighted by Crippen LogP contribution is -2.28. The van der Waals surface area contributed by atoms with Gasteiger partial charge in [-0.05, 0) is 66.3 Å². The summed E-state index contributed by atoms with van der Waals surface area (Å²) >= 11 is 0. The molecule has 0 aliphatic carbocycles. The van der Waals surface area contributed by atoms with Crippen molar-refractivity contribution in [3.05, 3.63) is 83.7 Å². The van der Waals surface area contributed by atoms with Crippen LogP contribution in [0.25, 0.3) is 0 Å². The first-order valence-electron chi connectivity index (χ1n) is 11.6. The molecule has 10 heteroatoms. The van der Waals surface area contributed by atoms with Crippen LogP contribution in [0.2, 0.25) is 0 Å². The Hall–Kier alpha value is -3.08. The van der Waals surface area contributed by atoms with Crippen LogP contribution in [-0.2, 0) is 25.5 Å². The molecule has 1 fully saturated rings. The Bertz CT molecular complexity index is 1470. The fraction of sp³-hybridized carbons (Fsp3) is 0.308. The van der Waals surface area contributed by atoms with Crippen molar-refractivity contribution in [1.29, 1.82) is 0 Å². The predicted molar refractivity (Wildman–Crippen MR) is 138 cm³/mol. The molecule has 36 heavy (non-hydrogen) atoms. The van der Waals surface area contributed by atoms with E-state index in [1.165, 1.54) is 59.2 Å². The summed E-state index contributed by atoms with van der Waals surface area (Å²) in [6.07, 6.45) is 4.43. The number of nitrogens with zero attached hydrogens (tertiary/aromatic N) is 2. The van der Waals surface area contributed by atoms with Crippen molar-refractivity contribution >= 4 is 31.5 Å². The number of hydrogen-bond donors (Lipinski definition) is 1. The summed E-state index contributed by atoms with van der Waals surface area (Å²) in [5.41, 5.74) is 1.03. The van der Waals surface area contributed by atoms with Gasteiger partial charge in [0.25, 0.3) is 10.0 Å². The van der Waals surface area contributed by atoms with Crippen LogP contribution < -0.4 is 4.72 Å². The van der Waals surface area contributed by atoms with Gasteiger partial charge in [0.1, 0.15) is 0 Å². The average Bonchev–Trinajstić information content (AvgIpc) is 3.40. The first kappa shape index (κ1) is 26.0. The normalized spacial score (nSPS) is 15.1. The zero-order chi connectivity index (χ0) is 26.1. The fourth-order valence-electron chi connectivity index (χ4n) is 4.03. The van der Waals surface area contributed by atoms with E-state index in [4.69, 9.17) is 0 Å². The highest BCUT2D eigenvalue weighted by Crippen LogP contribution is 2.29. The van der Waals surface area contributed by atoms with E-state index in [0.29, 0.717) is 13.1 Å². The summed E-state index contributed by atoms with van der Waals surface area (Å²) in [7, 11) is -7.87. The number of anilines is 1. The molecule has 4 rings (SSSR count). The van der Waals surface area contributed by atoms with Gasteiger partial charge in [-0.25, -0.2) is 16.8 Å². The van der Waals surface area contributed by atoms with Crippen molar-refractivity contribution in [2.75, 3.05) is 17.8 Å². The van der Waals surface area contributed by atoms with Gasteiger partial charge >= 0.3 is 0 Å². The van der Waals surface area contributed by atoms with E-state index in [1.54, 1.807) is 12.1 Å². The molecule has 2 aromatic carbocycles. The second-order valence-electron chi connectivity index (χ2n) is 9.76. The van der Waals surface area contributed by atoms with Gasteiger partial charge in [0.15, 0.2) is 5.78 Å². The number of benzene rings is 2. The minimum absolute atomic E-state index is 0.00270. The molecular weight excluding hydrogens is 498 g/mol. The van der Waals surface area contributed by atoms with Gasteiger partial charge in [0.05, 0.1) is 15.5 Å². The molecule has 1 aliphatic rings. The maximum absolute atomic E-state index is 13.4. The number of aromatic nitrogens is 1. The molecule has 3 aromatic rings. The topological polar surface area (TPSA) is 114 Å². The van der Waals surface area contributed by atoms with Gasteiger partial charge in [0.2, 0.25) is 10.0 Å². The lowest BCUT2D eigenvalue weighted by atomic mass is 9.87. The van der Waals surface area contributed by atoms with E-state index in [-0.39, 0.29) is 32.0 Å². The van der Waals surface area contributed by atoms with Crippen molar-refractivity contribution in [1.82, 2.24) is 9.29 Å². The molecule has 1 aromatic heterocycles. The smallest absolute Gasteiger partial charge is 0.261 e. The van der Waals surface area contributed by atoms with Crippen LogP contribution in [0.5, 0.6) is 0 Å². The molecule has 8 nitrogen and oxygen atoms in total. The molecule has 0 amide bonds. The molecule has 1 N–H and O–H groups in total. The maximum Gasteiger partial charge on any atom is 0.261 e. The van der Waals surface area contributed by atoms with Crippen molar-refractivity contribution in [3.8, 4) is 0 Å². The molecule has 0 spiro atoms. The molecule has 1 aliphatic heterocycles. The average molecular weight is 528 g/mol. The monoisotopic (exact) mass is 527 g/mol. The highest BCUT2D eigenvalue weighted by atomic mass is 32.2. The number of hydrogen-bond acceptors (Lipinski definition) is 6. The predicted octanol–water partition coefficient (Wildman–Crippen LogP) is 4.20. The van der Waals surface area contributed by atoms with E-state index < -0.39 is 25.8 Å². The summed E-state index contributed by atoms with van der Waals surface area (Å²) in [6, 6.07) is 13.4. The Kier molecular flexibility index (Phi) is 7.05. The molecule has 0 bridgehead atoms. The van der Waals surface area contributed by atoms with Gasteiger partial charge in [-0.3, -0.25) is 14.5 Å². The second kappa shape index (κ2) is 9.76. The van der Waals surface area contributed by atoms with E-state index >= 15 is 0 Å². The van der Waals surface area contributed by atoms with Crippen molar-refractivity contribution in [3.63, 3.8) is 0 Å². The molecule has 1 saturated heterocycles. The van der Waals surface area contributed by atoms with Crippen molar-refractivity contribution < 1.29 is 21.6 Å². The van der Waals surface area contributed by atoms with Gasteiger partial charge in [-0.2, -0.15) is 4.31 Å². The number of ketones is 1. The minimum Gasteiger partial charge on any atom is -0.289 e. The number of sulfonamides is 2. The number of carbonyl (C=O) groups excluding carboxylic acids is 1. The highest BCUT2D eigenvalue weighted by Gasteiger charge is 2.29. The Morgan fingerprint density at radius 2 is 1.44 bits per heavy atom. The van der Waals surface area contributed by atoms with Crippen LogP contribution in [0.3, 0.4) is 0 Å².